The van der Waals surface area contributed by atoms with Crippen LogP contribution in [0.25, 0.3) is 0 Å². The third-order valence-electron chi connectivity index (χ3n) is 17.1. The third-order valence-corrected chi connectivity index (χ3v) is 17.1. The molecule has 4 saturated heterocycles. The average Bonchev–Trinajstić information content (AvgIpc) is 1.76. The number of hydrogen-bond donors (Lipinski definition) is 5. The summed E-state index contributed by atoms with van der Waals surface area (Å²) in [4.78, 5) is 169. The first kappa shape index (κ1) is 91.9. The minimum absolute atomic E-state index is 0. The Balaban J connectivity index is -0.000000755. The van der Waals surface area contributed by atoms with Crippen LogP contribution in [0.4, 0.5) is 0 Å². The SMILES string of the molecule is C.C.C.[2H]C(C)(C)C([2H])([2H])C([2H])([2H])NC(=O)[C@@H](CC(=O)[C@H]1O[C@@H]1C(=O)OCC)CC(C)C.[2H]C(C)(C)C([2H])([2H])C([2H])([2H])NC(=O)[C@@H](CC(=O)[C@H]1O[C@@H]1C(C)=O)CC(C)C.[2H]C(C)(C)CCNC(=O)[C@@H](CC(=O)OC(C)(C)C)CC(C)C.[2H]C(C)(C)CCNC(=O)[C@@H](CC(=O)[C@H]1O[C@@H]1C(=O)OCC)CC(C)C.[2H]C(C)(C)CCNC(=O)[C@@H](CC(=O)[C@H]1O[C@@H]1C(C)=O)CC(C)C. The molecule has 0 aromatic heterocycles. The summed E-state index contributed by atoms with van der Waals surface area (Å²) >= 11 is 0. The van der Waals surface area contributed by atoms with Gasteiger partial charge < -0.3 is 59.7 Å². The van der Waals surface area contributed by atoms with E-state index in [1.54, 1.807) is 41.5 Å². The summed E-state index contributed by atoms with van der Waals surface area (Å²) in [7, 11) is 0. The van der Waals surface area contributed by atoms with Crippen LogP contribution in [0.2, 0.25) is 0 Å². The van der Waals surface area contributed by atoms with E-state index in [1.807, 2.05) is 114 Å². The molecule has 26 heteroatoms. The highest BCUT2D eigenvalue weighted by Crippen LogP contribution is 2.33. The second-order valence-electron chi connectivity index (χ2n) is 34.0. The Labute approximate surface area is 718 Å². The van der Waals surface area contributed by atoms with Crippen molar-refractivity contribution in [2.24, 2.45) is 88.6 Å². The molecule has 0 radical (unpaired) electrons. The lowest BCUT2D eigenvalue weighted by Crippen LogP contribution is -2.35. The molecule has 0 unspecified atom stereocenters. The maximum atomic E-state index is 12.7. The van der Waals surface area contributed by atoms with Crippen molar-refractivity contribution < 1.29 is 118 Å². The topological polar surface area (TPSA) is 377 Å². The van der Waals surface area contributed by atoms with E-state index in [0.29, 0.717) is 70.5 Å². The molecule has 0 bridgehead atoms. The molecule has 5 amide bonds. The van der Waals surface area contributed by atoms with Crippen LogP contribution in [0.15, 0.2) is 0 Å². The molecule has 0 aromatic rings. The Morgan fingerprint density at radius 1 is 0.345 bits per heavy atom. The maximum absolute atomic E-state index is 12.7. The highest BCUT2D eigenvalue weighted by Gasteiger charge is 2.53. The van der Waals surface area contributed by atoms with Crippen molar-refractivity contribution >= 4 is 82.1 Å². The standard InChI is InChI=1S/2C18H31NO5.2C17H29NO4.C17H33NO3.3CH4/c2*1-6-23-18(22)16-15(24-16)14(20)10-13(9-12(4)5)17(21)19-8-7-11(2)3;2*1-10(2)6-7-18-17(21)13(8-11(3)4)9-14(20)16-15(22-16)12(5)19;1-12(2)8-9-18-16(20)14(10-13(3)4)11-15(19)21-17(5,6)7;;;/h2*11-13,15-16H,6-10H2,1-5H3,(H,19,21);2*10-11,13,15-16H,6-9H2,1-5H3,(H,18,21);12-14H,8-11H2,1-7H3,(H,18,20);3*1H4/t2*13-,15-,16+;2*13-,15-,16-;14-;;;/m11111.../s1/i7D2,8D2,11D;11D;6D2,7D2,10D;10D;12D;;;. The van der Waals surface area contributed by atoms with Crippen molar-refractivity contribution in [3.05, 3.63) is 0 Å². The Morgan fingerprint density at radius 2 is 0.569 bits per heavy atom. The minimum atomic E-state index is -2.82. The molecule has 4 aliphatic rings. The van der Waals surface area contributed by atoms with Crippen LogP contribution in [0.5, 0.6) is 0 Å². The van der Waals surface area contributed by atoms with E-state index in [2.05, 4.69) is 16.0 Å². The van der Waals surface area contributed by atoms with Crippen LogP contribution in [-0.2, 0) is 100 Å². The second-order valence-corrected chi connectivity index (χ2v) is 34.0. The largest absolute Gasteiger partial charge is 0.464 e. The Bertz CT molecular complexity index is 3600. The first-order valence-corrected chi connectivity index (χ1v) is 40.2. The summed E-state index contributed by atoms with van der Waals surface area (Å²) in [6.45, 7) is 42.6. The molecule has 0 aromatic carbocycles. The van der Waals surface area contributed by atoms with Gasteiger partial charge in [-0.15, -0.1) is 0 Å². The zero-order valence-electron chi connectivity index (χ0n) is 86.2. The molecule has 5 N–H and O–H groups in total. The molecule has 4 aliphatic heterocycles. The van der Waals surface area contributed by atoms with Gasteiger partial charge in [-0.25, -0.2) is 9.59 Å². The lowest BCUT2D eigenvalue weighted by molar-refractivity contribution is -0.157. The number of amides is 5. The van der Waals surface area contributed by atoms with Gasteiger partial charge in [0, 0.05) is 106 Å². The van der Waals surface area contributed by atoms with E-state index in [-0.39, 0.29) is 150 Å². The summed E-state index contributed by atoms with van der Waals surface area (Å²) in [5, 5.41) is 12.6. The lowest BCUT2D eigenvalue weighted by atomic mass is 9.90. The zero-order valence-corrected chi connectivity index (χ0v) is 73.2. The fourth-order valence-electron chi connectivity index (χ4n) is 11.5. The number of nitrogens with one attached hydrogen (secondary N) is 5. The van der Waals surface area contributed by atoms with Crippen LogP contribution < -0.4 is 26.6 Å². The molecule has 0 spiro atoms. The smallest absolute Gasteiger partial charge is 0.338 e. The van der Waals surface area contributed by atoms with Crippen LogP contribution in [0.3, 0.4) is 0 Å². The van der Waals surface area contributed by atoms with E-state index in [1.165, 1.54) is 41.5 Å². The van der Waals surface area contributed by atoms with Gasteiger partial charge in [-0.2, -0.15) is 0 Å². The van der Waals surface area contributed by atoms with Crippen molar-refractivity contribution in [1.82, 2.24) is 26.6 Å². The number of rotatable bonds is 50. The maximum Gasteiger partial charge on any atom is 0.338 e. The molecule has 0 aliphatic carbocycles. The lowest BCUT2D eigenvalue weighted by Gasteiger charge is -2.23. The summed E-state index contributed by atoms with van der Waals surface area (Å²) in [6.07, 6.45) is -7.99. The Hall–Kier alpha value is -6.38. The van der Waals surface area contributed by atoms with Crippen LogP contribution in [0.1, 0.15) is 323 Å². The van der Waals surface area contributed by atoms with Gasteiger partial charge in [0.25, 0.3) is 0 Å². The second kappa shape index (κ2) is 60.2. The highest BCUT2D eigenvalue weighted by atomic mass is 16.7. The molecule has 13 atom stereocenters. The monoisotopic (exact) mass is 1670 g/mol. The van der Waals surface area contributed by atoms with Crippen LogP contribution in [-0.4, -0.2) is 182 Å². The van der Waals surface area contributed by atoms with Gasteiger partial charge in [-0.05, 0) is 172 Å². The number of esters is 3. The minimum Gasteiger partial charge on any atom is -0.464 e. The van der Waals surface area contributed by atoms with Gasteiger partial charge in [-0.1, -0.05) is 161 Å². The van der Waals surface area contributed by atoms with Gasteiger partial charge in [0.2, 0.25) is 29.5 Å². The first-order chi connectivity index (χ1) is 56.9. The summed E-state index contributed by atoms with van der Waals surface area (Å²) < 4.78 is 138. The summed E-state index contributed by atoms with van der Waals surface area (Å²) in [6, 6.07) is 0. The predicted octanol–water partition coefficient (Wildman–Crippen LogP) is 13.9. The molecular weight excluding hydrogens is 1490 g/mol. The fourth-order valence-corrected chi connectivity index (χ4v) is 11.5. The van der Waals surface area contributed by atoms with E-state index in [4.69, 9.17) is 51.0 Å². The number of Topliss-reactive ketones (excluding diaryl/α,β-unsaturated/α-hetero) is 6. The first-order valence-electron chi connectivity index (χ1n) is 46.7. The van der Waals surface area contributed by atoms with Crippen molar-refractivity contribution in [2.45, 2.75) is 360 Å². The molecule has 116 heavy (non-hydrogen) atoms. The Morgan fingerprint density at radius 3 is 0.767 bits per heavy atom. The van der Waals surface area contributed by atoms with Crippen molar-refractivity contribution in [2.75, 3.05) is 45.8 Å². The summed E-state index contributed by atoms with van der Waals surface area (Å²) in [5.74, 6) is -12.8. The van der Waals surface area contributed by atoms with Gasteiger partial charge in [0.15, 0.2) is 59.1 Å². The molecular formula is C90H165N5O21. The van der Waals surface area contributed by atoms with Crippen molar-refractivity contribution in [1.29, 1.82) is 0 Å². The average molecular weight is 1670 g/mol. The molecule has 676 valence electrons. The fraction of sp³-hybridized carbons (Fsp3) is 0.844. The molecule has 4 fully saturated rings. The number of epoxide rings is 4. The molecule has 26 nitrogen and oxygen atoms in total. The normalized spacial score (nSPS) is 21.9. The van der Waals surface area contributed by atoms with Gasteiger partial charge in [0.05, 0.1) is 19.6 Å². The number of ether oxygens (including phenoxy) is 7. The van der Waals surface area contributed by atoms with Crippen LogP contribution >= 0.6 is 0 Å². The predicted molar refractivity (Wildman–Crippen MR) is 455 cm³/mol. The Kier molecular flexibility index (Phi) is 47.7. The molecule has 0 saturated carbocycles. The van der Waals surface area contributed by atoms with Crippen LogP contribution in [0, 0.1) is 88.6 Å². The van der Waals surface area contributed by atoms with Crippen molar-refractivity contribution in [3.8, 4) is 0 Å². The van der Waals surface area contributed by atoms with E-state index >= 15 is 0 Å². The van der Waals surface area contributed by atoms with Crippen molar-refractivity contribution in [3.63, 3.8) is 0 Å². The molecule has 4 heterocycles. The number of hydrogen-bond acceptors (Lipinski definition) is 21. The molecule has 4 rings (SSSR count). The number of carbonyl (C=O) groups excluding carboxylic acids is 14. The van der Waals surface area contributed by atoms with E-state index in [9.17, 15) is 67.1 Å². The summed E-state index contributed by atoms with van der Waals surface area (Å²) in [5.41, 5.74) is -0.537. The van der Waals surface area contributed by atoms with E-state index in [0.717, 1.165) is 0 Å². The van der Waals surface area contributed by atoms with E-state index < -0.39 is 169 Å². The third kappa shape index (κ3) is 53.9. The van der Waals surface area contributed by atoms with Gasteiger partial charge in [0.1, 0.15) is 30.0 Å². The number of ketones is 6. The quantitative estimate of drug-likeness (QED) is 0.0214. The van der Waals surface area contributed by atoms with Gasteiger partial charge >= 0.3 is 17.9 Å². The van der Waals surface area contributed by atoms with Gasteiger partial charge in [-0.3, -0.25) is 57.5 Å². The zero-order chi connectivity index (χ0) is 98.7. The highest BCUT2D eigenvalue weighted by molar-refractivity contribution is 6.00. The number of carbonyl (C=O) groups is 14.